The zero-order valence-electron chi connectivity index (χ0n) is 11.3. The van der Waals surface area contributed by atoms with Crippen LogP contribution in [0.5, 0.6) is 0 Å². The number of hydrogen-bond donors (Lipinski definition) is 2. The number of carbonyl (C=O) groups is 1. The van der Waals surface area contributed by atoms with Crippen molar-refractivity contribution in [1.29, 1.82) is 0 Å². The van der Waals surface area contributed by atoms with Crippen LogP contribution in [0.1, 0.15) is 23.0 Å². The van der Waals surface area contributed by atoms with Gasteiger partial charge in [-0.2, -0.15) is 0 Å². The third kappa shape index (κ3) is 3.93. The summed E-state index contributed by atoms with van der Waals surface area (Å²) in [6.45, 7) is 1.71. The SMILES string of the molecule is C[C@H](Cc1ccco1)NS(=O)(=O)c1cccc(C(=O)O)c1. The second-order valence-corrected chi connectivity index (χ2v) is 6.35. The Labute approximate surface area is 122 Å². The fourth-order valence-electron chi connectivity index (χ4n) is 1.90. The summed E-state index contributed by atoms with van der Waals surface area (Å²) in [7, 11) is -3.77. The Morgan fingerprint density at radius 1 is 1.33 bits per heavy atom. The number of carboxylic acids is 1. The van der Waals surface area contributed by atoms with Crippen LogP contribution in [0.4, 0.5) is 0 Å². The summed E-state index contributed by atoms with van der Waals surface area (Å²) in [4.78, 5) is 10.8. The summed E-state index contributed by atoms with van der Waals surface area (Å²) in [5, 5.41) is 8.90. The van der Waals surface area contributed by atoms with Gasteiger partial charge in [0.05, 0.1) is 16.7 Å². The molecule has 7 heteroatoms. The average Bonchev–Trinajstić information content (AvgIpc) is 2.91. The lowest BCUT2D eigenvalue weighted by atomic mass is 10.2. The number of furan rings is 1. The molecule has 0 fully saturated rings. The molecular formula is C14H15NO5S. The summed E-state index contributed by atoms with van der Waals surface area (Å²) in [6, 6.07) is 8.33. The fourth-order valence-corrected chi connectivity index (χ4v) is 3.19. The van der Waals surface area contributed by atoms with Crippen LogP contribution in [0.3, 0.4) is 0 Å². The molecule has 0 saturated heterocycles. The minimum atomic E-state index is -3.77. The molecule has 0 radical (unpaired) electrons. The van der Waals surface area contributed by atoms with E-state index in [0.717, 1.165) is 6.07 Å². The first kappa shape index (κ1) is 15.3. The Morgan fingerprint density at radius 2 is 2.10 bits per heavy atom. The predicted molar refractivity (Wildman–Crippen MR) is 75.6 cm³/mol. The van der Waals surface area contributed by atoms with E-state index in [1.165, 1.54) is 24.5 Å². The molecule has 1 aromatic heterocycles. The maximum absolute atomic E-state index is 12.2. The van der Waals surface area contributed by atoms with Gasteiger partial charge in [-0.25, -0.2) is 17.9 Å². The van der Waals surface area contributed by atoms with E-state index in [9.17, 15) is 13.2 Å². The number of hydrogen-bond acceptors (Lipinski definition) is 4. The van der Waals surface area contributed by atoms with Gasteiger partial charge < -0.3 is 9.52 Å². The Bertz CT molecular complexity index is 722. The highest BCUT2D eigenvalue weighted by molar-refractivity contribution is 7.89. The van der Waals surface area contributed by atoms with E-state index in [0.29, 0.717) is 12.2 Å². The van der Waals surface area contributed by atoms with Crippen molar-refractivity contribution in [1.82, 2.24) is 4.72 Å². The van der Waals surface area contributed by atoms with Crippen molar-refractivity contribution in [3.05, 3.63) is 54.0 Å². The second-order valence-electron chi connectivity index (χ2n) is 4.64. The molecule has 0 unspecified atom stereocenters. The Hall–Kier alpha value is -2.12. The van der Waals surface area contributed by atoms with Gasteiger partial charge in [0.15, 0.2) is 0 Å². The molecule has 0 amide bonds. The predicted octanol–water partition coefficient (Wildman–Crippen LogP) is 1.89. The largest absolute Gasteiger partial charge is 0.478 e. The van der Waals surface area contributed by atoms with Crippen molar-refractivity contribution < 1.29 is 22.7 Å². The molecule has 1 atom stereocenters. The molecule has 0 aliphatic heterocycles. The summed E-state index contributed by atoms with van der Waals surface area (Å²) in [6.07, 6.45) is 1.93. The lowest BCUT2D eigenvalue weighted by Crippen LogP contribution is -2.34. The molecule has 0 bridgehead atoms. The summed E-state index contributed by atoms with van der Waals surface area (Å²) in [5.41, 5.74) is -0.0726. The molecule has 112 valence electrons. The molecule has 1 aromatic carbocycles. The van der Waals surface area contributed by atoms with Crippen LogP contribution in [-0.2, 0) is 16.4 Å². The van der Waals surface area contributed by atoms with Crippen molar-refractivity contribution >= 4 is 16.0 Å². The maximum Gasteiger partial charge on any atom is 0.335 e. The zero-order chi connectivity index (χ0) is 15.5. The lowest BCUT2D eigenvalue weighted by molar-refractivity contribution is 0.0696. The third-order valence-corrected chi connectivity index (χ3v) is 4.42. The standard InChI is InChI=1S/C14H15NO5S/c1-10(8-12-5-3-7-20-12)15-21(18,19)13-6-2-4-11(9-13)14(16)17/h2-7,9-10,15H,8H2,1H3,(H,16,17)/t10-/m1/s1. The van der Waals surface area contributed by atoms with Crippen LogP contribution in [-0.4, -0.2) is 25.5 Å². The van der Waals surface area contributed by atoms with E-state index in [1.54, 1.807) is 19.1 Å². The van der Waals surface area contributed by atoms with E-state index in [2.05, 4.69) is 4.72 Å². The van der Waals surface area contributed by atoms with Crippen LogP contribution < -0.4 is 4.72 Å². The van der Waals surface area contributed by atoms with E-state index < -0.39 is 16.0 Å². The number of sulfonamides is 1. The van der Waals surface area contributed by atoms with Gasteiger partial charge >= 0.3 is 5.97 Å². The fraction of sp³-hybridized carbons (Fsp3) is 0.214. The van der Waals surface area contributed by atoms with Gasteiger partial charge in [0.1, 0.15) is 5.76 Å². The van der Waals surface area contributed by atoms with E-state index in [-0.39, 0.29) is 16.5 Å². The first-order valence-corrected chi connectivity index (χ1v) is 7.75. The van der Waals surface area contributed by atoms with Crippen LogP contribution in [0.2, 0.25) is 0 Å². The molecule has 6 nitrogen and oxygen atoms in total. The number of carboxylic acid groups (broad SMARTS) is 1. The van der Waals surface area contributed by atoms with Crippen molar-refractivity contribution in [2.45, 2.75) is 24.3 Å². The highest BCUT2D eigenvalue weighted by Gasteiger charge is 2.19. The van der Waals surface area contributed by atoms with Crippen molar-refractivity contribution in [2.24, 2.45) is 0 Å². The summed E-state index contributed by atoms with van der Waals surface area (Å²) in [5.74, 6) is -0.500. The van der Waals surface area contributed by atoms with Gasteiger partial charge in [-0.1, -0.05) is 6.07 Å². The molecule has 0 saturated carbocycles. The average molecular weight is 309 g/mol. The van der Waals surface area contributed by atoms with Gasteiger partial charge in [0.25, 0.3) is 0 Å². The normalized spacial score (nSPS) is 13.0. The molecule has 0 aliphatic rings. The minimum absolute atomic E-state index is 0.0726. The molecule has 2 rings (SSSR count). The maximum atomic E-state index is 12.2. The van der Waals surface area contributed by atoms with Crippen LogP contribution in [0, 0.1) is 0 Å². The first-order valence-electron chi connectivity index (χ1n) is 6.26. The lowest BCUT2D eigenvalue weighted by Gasteiger charge is -2.13. The van der Waals surface area contributed by atoms with Gasteiger partial charge in [0.2, 0.25) is 10.0 Å². The Morgan fingerprint density at radius 3 is 2.71 bits per heavy atom. The third-order valence-electron chi connectivity index (χ3n) is 2.84. The second kappa shape index (κ2) is 6.11. The number of aromatic carboxylic acids is 1. The topological polar surface area (TPSA) is 96.6 Å². The monoisotopic (exact) mass is 309 g/mol. The molecule has 2 N–H and O–H groups in total. The smallest absolute Gasteiger partial charge is 0.335 e. The van der Waals surface area contributed by atoms with Crippen molar-refractivity contribution in [3.8, 4) is 0 Å². The highest BCUT2D eigenvalue weighted by atomic mass is 32.2. The van der Waals surface area contributed by atoms with Gasteiger partial charge in [-0.05, 0) is 37.3 Å². The van der Waals surface area contributed by atoms with Crippen molar-refractivity contribution in [2.75, 3.05) is 0 Å². The van der Waals surface area contributed by atoms with Crippen LogP contribution in [0.25, 0.3) is 0 Å². The molecule has 0 aliphatic carbocycles. The zero-order valence-corrected chi connectivity index (χ0v) is 12.1. The van der Waals surface area contributed by atoms with E-state index in [1.807, 2.05) is 0 Å². The number of rotatable bonds is 6. The van der Waals surface area contributed by atoms with E-state index >= 15 is 0 Å². The van der Waals surface area contributed by atoms with Crippen molar-refractivity contribution in [3.63, 3.8) is 0 Å². The molecule has 2 aromatic rings. The van der Waals surface area contributed by atoms with Gasteiger partial charge in [-0.15, -0.1) is 0 Å². The number of benzene rings is 1. The molecule has 21 heavy (non-hydrogen) atoms. The summed E-state index contributed by atoms with van der Waals surface area (Å²) >= 11 is 0. The van der Waals surface area contributed by atoms with E-state index in [4.69, 9.17) is 9.52 Å². The molecular weight excluding hydrogens is 294 g/mol. The summed E-state index contributed by atoms with van der Waals surface area (Å²) < 4.78 is 32.1. The highest BCUT2D eigenvalue weighted by Crippen LogP contribution is 2.13. The minimum Gasteiger partial charge on any atom is -0.478 e. The Kier molecular flexibility index (Phi) is 4.44. The first-order chi connectivity index (χ1) is 9.88. The van der Waals surface area contributed by atoms with Crippen LogP contribution in [0.15, 0.2) is 52.0 Å². The van der Waals surface area contributed by atoms with Gasteiger partial charge in [-0.3, -0.25) is 0 Å². The molecule has 1 heterocycles. The van der Waals surface area contributed by atoms with Crippen LogP contribution >= 0.6 is 0 Å². The number of nitrogens with one attached hydrogen (secondary N) is 1. The molecule has 0 spiro atoms. The quantitative estimate of drug-likeness (QED) is 0.849. The van der Waals surface area contributed by atoms with Gasteiger partial charge in [0, 0.05) is 12.5 Å². The Balaban J connectivity index is 2.14.